The van der Waals surface area contributed by atoms with Crippen molar-refractivity contribution < 1.29 is 4.79 Å². The molecule has 2 atom stereocenters. The maximum absolute atomic E-state index is 11.1. The highest BCUT2D eigenvalue weighted by Crippen LogP contribution is 2.29. The standard InChI is InChI=1S/C9H10NO.C3H8/c1-6-7-4-2-3-5-8(7)10-9(6)11;1-3-2/h2-6,8H,1H3,(H,10,11);3H2,1-2H3. The zero-order valence-electron chi connectivity index (χ0n) is 9.08. The summed E-state index contributed by atoms with van der Waals surface area (Å²) in [6.07, 6.45) is 9.22. The van der Waals surface area contributed by atoms with Crippen LogP contribution >= 0.6 is 0 Å². The highest BCUT2D eigenvalue weighted by Gasteiger charge is 2.37. The molecule has 0 aromatic rings. The minimum atomic E-state index is 0.0567. The molecule has 1 heterocycles. The van der Waals surface area contributed by atoms with E-state index in [2.05, 4.69) is 19.2 Å². The first-order chi connectivity index (χ1) is 6.70. The number of nitrogens with one attached hydrogen (secondary N) is 1. The SMILES string of the molecule is CC1[C]2C=CC=CC2NC1=O.CCC. The van der Waals surface area contributed by atoms with Gasteiger partial charge in [0.15, 0.2) is 0 Å². The summed E-state index contributed by atoms with van der Waals surface area (Å²) in [5.74, 6) is 1.39. The average Bonchev–Trinajstić information content (AvgIpc) is 2.45. The average molecular weight is 192 g/mol. The zero-order valence-corrected chi connectivity index (χ0v) is 9.08. The Morgan fingerprint density at radius 1 is 1.36 bits per heavy atom. The van der Waals surface area contributed by atoms with Crippen molar-refractivity contribution in [3.63, 3.8) is 0 Å². The molecule has 1 amide bonds. The van der Waals surface area contributed by atoms with Gasteiger partial charge in [-0.15, -0.1) is 0 Å². The maximum atomic E-state index is 11.1. The van der Waals surface area contributed by atoms with Crippen molar-refractivity contribution in [1.82, 2.24) is 5.32 Å². The van der Waals surface area contributed by atoms with Crippen LogP contribution in [0.15, 0.2) is 24.3 Å². The summed E-state index contributed by atoms with van der Waals surface area (Å²) < 4.78 is 0. The van der Waals surface area contributed by atoms with Gasteiger partial charge in [-0.3, -0.25) is 4.79 Å². The topological polar surface area (TPSA) is 29.1 Å². The maximum Gasteiger partial charge on any atom is 0.224 e. The molecule has 0 bridgehead atoms. The van der Waals surface area contributed by atoms with Gasteiger partial charge in [-0.25, -0.2) is 0 Å². The molecule has 2 unspecified atom stereocenters. The van der Waals surface area contributed by atoms with Crippen LogP contribution in [0.5, 0.6) is 0 Å². The molecule has 1 aliphatic carbocycles. The predicted molar refractivity (Wildman–Crippen MR) is 58.6 cm³/mol. The number of fused-ring (bicyclic) bond motifs is 1. The molecule has 0 spiro atoms. The van der Waals surface area contributed by atoms with E-state index in [-0.39, 0.29) is 17.9 Å². The van der Waals surface area contributed by atoms with Gasteiger partial charge in [0.2, 0.25) is 5.91 Å². The van der Waals surface area contributed by atoms with E-state index in [1.165, 1.54) is 12.3 Å². The van der Waals surface area contributed by atoms with Gasteiger partial charge >= 0.3 is 0 Å². The Morgan fingerprint density at radius 3 is 2.57 bits per heavy atom. The van der Waals surface area contributed by atoms with Crippen LogP contribution in [-0.4, -0.2) is 11.9 Å². The van der Waals surface area contributed by atoms with Gasteiger partial charge in [-0.2, -0.15) is 0 Å². The fraction of sp³-hybridized carbons (Fsp3) is 0.500. The van der Waals surface area contributed by atoms with Crippen LogP contribution < -0.4 is 5.32 Å². The number of amides is 1. The van der Waals surface area contributed by atoms with E-state index in [0.717, 1.165) is 0 Å². The predicted octanol–water partition coefficient (Wildman–Crippen LogP) is 2.24. The van der Waals surface area contributed by atoms with Crippen LogP contribution in [0.1, 0.15) is 27.2 Å². The van der Waals surface area contributed by atoms with E-state index < -0.39 is 0 Å². The lowest BCUT2D eigenvalue weighted by atomic mass is 9.89. The molecule has 0 aromatic heterocycles. The molecule has 77 valence electrons. The fourth-order valence-electron chi connectivity index (χ4n) is 1.53. The van der Waals surface area contributed by atoms with Crippen LogP contribution in [0.4, 0.5) is 0 Å². The smallest absolute Gasteiger partial charge is 0.224 e. The lowest BCUT2D eigenvalue weighted by Gasteiger charge is -2.14. The summed E-state index contributed by atoms with van der Waals surface area (Å²) in [6.45, 7) is 6.19. The molecule has 1 radical (unpaired) electrons. The van der Waals surface area contributed by atoms with Crippen LogP contribution in [0, 0.1) is 11.8 Å². The molecule has 1 saturated heterocycles. The van der Waals surface area contributed by atoms with Crippen molar-refractivity contribution in [2.24, 2.45) is 5.92 Å². The molecule has 2 nitrogen and oxygen atoms in total. The van der Waals surface area contributed by atoms with Crippen LogP contribution in [0.2, 0.25) is 0 Å². The number of carbonyl (C=O) groups excluding carboxylic acids is 1. The molecule has 0 saturated carbocycles. The second-order valence-electron chi connectivity index (χ2n) is 3.66. The van der Waals surface area contributed by atoms with E-state index in [9.17, 15) is 4.79 Å². The minimum absolute atomic E-state index is 0.0567. The molecular formula is C12H18NO. The molecule has 1 N–H and O–H groups in total. The van der Waals surface area contributed by atoms with E-state index in [0.29, 0.717) is 0 Å². The number of allylic oxidation sites excluding steroid dienone is 2. The van der Waals surface area contributed by atoms with Gasteiger partial charge in [0.25, 0.3) is 0 Å². The zero-order chi connectivity index (χ0) is 10.6. The third kappa shape index (κ3) is 2.25. The van der Waals surface area contributed by atoms with Crippen molar-refractivity contribution in [3.05, 3.63) is 30.2 Å². The highest BCUT2D eigenvalue weighted by molar-refractivity contribution is 5.86. The number of hydrogen-bond donors (Lipinski definition) is 1. The van der Waals surface area contributed by atoms with E-state index >= 15 is 0 Å². The van der Waals surface area contributed by atoms with Crippen LogP contribution in [-0.2, 0) is 4.79 Å². The first-order valence-electron chi connectivity index (χ1n) is 5.22. The second-order valence-corrected chi connectivity index (χ2v) is 3.66. The normalized spacial score (nSPS) is 29.2. The molecular weight excluding hydrogens is 174 g/mol. The molecule has 2 aliphatic rings. The Balaban J connectivity index is 0.000000293. The number of carbonyl (C=O) groups is 1. The van der Waals surface area contributed by atoms with Gasteiger partial charge < -0.3 is 5.32 Å². The quantitative estimate of drug-likeness (QED) is 0.626. The Morgan fingerprint density at radius 2 is 2.00 bits per heavy atom. The first kappa shape index (κ1) is 11.0. The van der Waals surface area contributed by atoms with E-state index in [1.807, 2.05) is 31.2 Å². The lowest BCUT2D eigenvalue weighted by molar-refractivity contribution is -0.121. The Labute approximate surface area is 86.1 Å². The minimum Gasteiger partial charge on any atom is -0.349 e. The van der Waals surface area contributed by atoms with Crippen molar-refractivity contribution in [2.45, 2.75) is 33.2 Å². The van der Waals surface area contributed by atoms with Crippen LogP contribution in [0.25, 0.3) is 0 Å². The van der Waals surface area contributed by atoms with Gasteiger partial charge in [0.1, 0.15) is 0 Å². The summed E-state index contributed by atoms with van der Waals surface area (Å²) in [7, 11) is 0. The summed E-state index contributed by atoms with van der Waals surface area (Å²) >= 11 is 0. The van der Waals surface area contributed by atoms with Gasteiger partial charge in [0.05, 0.1) is 6.04 Å². The van der Waals surface area contributed by atoms with Gasteiger partial charge in [-0.1, -0.05) is 51.5 Å². The summed E-state index contributed by atoms with van der Waals surface area (Å²) in [6, 6.07) is 0.169. The third-order valence-corrected chi connectivity index (χ3v) is 2.25. The Kier molecular flexibility index (Phi) is 3.93. The Hall–Kier alpha value is -1.05. The number of rotatable bonds is 0. The fourth-order valence-corrected chi connectivity index (χ4v) is 1.53. The van der Waals surface area contributed by atoms with Gasteiger partial charge in [0, 0.05) is 11.8 Å². The monoisotopic (exact) mass is 192 g/mol. The summed E-state index contributed by atoms with van der Waals surface area (Å²) in [4.78, 5) is 11.1. The van der Waals surface area contributed by atoms with Crippen LogP contribution in [0.3, 0.4) is 0 Å². The van der Waals surface area contributed by atoms with Crippen molar-refractivity contribution in [3.8, 4) is 0 Å². The first-order valence-corrected chi connectivity index (χ1v) is 5.22. The Bertz CT molecular complexity index is 255. The highest BCUT2D eigenvalue weighted by atomic mass is 16.2. The summed E-state index contributed by atoms with van der Waals surface area (Å²) in [5.41, 5.74) is 0. The van der Waals surface area contributed by atoms with Gasteiger partial charge in [-0.05, 0) is 0 Å². The van der Waals surface area contributed by atoms with Crippen molar-refractivity contribution >= 4 is 5.91 Å². The molecule has 14 heavy (non-hydrogen) atoms. The number of hydrogen-bond acceptors (Lipinski definition) is 1. The second kappa shape index (κ2) is 4.99. The lowest BCUT2D eigenvalue weighted by Crippen LogP contribution is -2.26. The molecule has 0 aromatic carbocycles. The van der Waals surface area contributed by atoms with Crippen molar-refractivity contribution in [1.29, 1.82) is 0 Å². The largest absolute Gasteiger partial charge is 0.349 e. The summed E-state index contributed by atoms with van der Waals surface area (Å²) in [5, 5.41) is 2.89. The van der Waals surface area contributed by atoms with Crippen molar-refractivity contribution in [2.75, 3.05) is 0 Å². The molecule has 2 rings (SSSR count). The molecule has 2 heteroatoms. The van der Waals surface area contributed by atoms with E-state index in [4.69, 9.17) is 0 Å². The molecule has 1 aliphatic heterocycles. The molecule has 1 fully saturated rings. The third-order valence-electron chi connectivity index (χ3n) is 2.25. The van der Waals surface area contributed by atoms with E-state index in [1.54, 1.807) is 0 Å².